The molecule has 0 amide bonds. The maximum absolute atomic E-state index is 13.7. The van der Waals surface area contributed by atoms with Gasteiger partial charge < -0.3 is 9.30 Å². The van der Waals surface area contributed by atoms with Crippen LogP contribution in [-0.2, 0) is 13.1 Å². The lowest BCUT2D eigenvalue weighted by molar-refractivity contribution is 0.219. The zero-order valence-electron chi connectivity index (χ0n) is 15.2. The highest BCUT2D eigenvalue weighted by Gasteiger charge is 2.27. The van der Waals surface area contributed by atoms with Crippen molar-refractivity contribution >= 4 is 0 Å². The normalized spacial score (nSPS) is 17.4. The molecule has 1 unspecified atom stereocenters. The van der Waals surface area contributed by atoms with Gasteiger partial charge in [-0.2, -0.15) is 0 Å². The van der Waals surface area contributed by atoms with E-state index in [2.05, 4.69) is 33.9 Å². The molecule has 4 rings (SSSR count). The Labute approximate surface area is 157 Å². The van der Waals surface area contributed by atoms with Crippen molar-refractivity contribution in [1.82, 2.24) is 9.47 Å². The van der Waals surface area contributed by atoms with Crippen LogP contribution < -0.4 is 4.74 Å². The maximum Gasteiger partial charge on any atom is 0.159 e. The summed E-state index contributed by atoms with van der Waals surface area (Å²) >= 11 is 0. The average Bonchev–Trinajstić information content (AvgIpc) is 3.06. The summed E-state index contributed by atoms with van der Waals surface area (Å²) in [6, 6.07) is 16.4. The summed E-state index contributed by atoms with van der Waals surface area (Å²) in [5.41, 5.74) is 3.09. The smallest absolute Gasteiger partial charge is 0.159 e. The van der Waals surface area contributed by atoms with Crippen LogP contribution in [0.4, 0.5) is 8.78 Å². The molecule has 27 heavy (non-hydrogen) atoms. The molecule has 140 valence electrons. The minimum atomic E-state index is -0.812. The van der Waals surface area contributed by atoms with Crippen LogP contribution in [0, 0.1) is 11.6 Å². The van der Waals surface area contributed by atoms with Crippen LogP contribution in [0.3, 0.4) is 0 Å². The van der Waals surface area contributed by atoms with Crippen LogP contribution in [0.25, 0.3) is 0 Å². The van der Waals surface area contributed by atoms with E-state index in [9.17, 15) is 8.78 Å². The lowest BCUT2D eigenvalue weighted by Gasteiger charge is -2.31. The van der Waals surface area contributed by atoms with Gasteiger partial charge in [0.2, 0.25) is 0 Å². The first-order valence-electron chi connectivity index (χ1n) is 9.12. The lowest BCUT2D eigenvalue weighted by atomic mass is 10.0. The van der Waals surface area contributed by atoms with Gasteiger partial charge in [0.15, 0.2) is 11.6 Å². The Kier molecular flexibility index (Phi) is 4.94. The second-order valence-electron chi connectivity index (χ2n) is 6.88. The van der Waals surface area contributed by atoms with Crippen LogP contribution in [0.1, 0.15) is 29.3 Å². The second kappa shape index (κ2) is 7.53. The first-order valence-corrected chi connectivity index (χ1v) is 9.12. The number of halogens is 2. The summed E-state index contributed by atoms with van der Waals surface area (Å²) in [7, 11) is 1.66. The molecule has 2 heterocycles. The van der Waals surface area contributed by atoms with E-state index in [1.165, 1.54) is 17.8 Å². The summed E-state index contributed by atoms with van der Waals surface area (Å²) < 4.78 is 34.7. The summed E-state index contributed by atoms with van der Waals surface area (Å²) in [5.74, 6) is -0.806. The van der Waals surface area contributed by atoms with E-state index in [-0.39, 0.29) is 6.04 Å². The van der Waals surface area contributed by atoms with Crippen molar-refractivity contribution in [1.29, 1.82) is 0 Å². The van der Waals surface area contributed by atoms with Crippen molar-refractivity contribution in [2.45, 2.75) is 25.6 Å². The van der Waals surface area contributed by atoms with Crippen LogP contribution in [0.15, 0.2) is 60.8 Å². The van der Waals surface area contributed by atoms with E-state index in [4.69, 9.17) is 4.74 Å². The SMILES string of the molecule is COc1cccc(C2c3cccn3CCCN2Cc2ccc(F)c(F)c2)c1. The van der Waals surface area contributed by atoms with Crippen molar-refractivity contribution in [3.8, 4) is 5.75 Å². The summed E-state index contributed by atoms with van der Waals surface area (Å²) in [6.45, 7) is 2.35. The van der Waals surface area contributed by atoms with Crippen molar-refractivity contribution in [2.75, 3.05) is 13.7 Å². The Hall–Kier alpha value is -2.66. The summed E-state index contributed by atoms with van der Waals surface area (Å²) in [4.78, 5) is 2.32. The molecular weight excluding hydrogens is 346 g/mol. The van der Waals surface area contributed by atoms with Gasteiger partial charge in [0, 0.05) is 31.5 Å². The minimum Gasteiger partial charge on any atom is -0.497 e. The first-order chi connectivity index (χ1) is 13.2. The molecule has 5 heteroatoms. The van der Waals surface area contributed by atoms with Crippen LogP contribution in [-0.4, -0.2) is 23.1 Å². The molecule has 0 radical (unpaired) electrons. The van der Waals surface area contributed by atoms with E-state index in [0.717, 1.165) is 36.4 Å². The topological polar surface area (TPSA) is 17.4 Å². The fourth-order valence-corrected chi connectivity index (χ4v) is 3.88. The van der Waals surface area contributed by atoms with Crippen molar-refractivity contribution in [3.05, 3.63) is 89.2 Å². The Morgan fingerprint density at radius 2 is 1.89 bits per heavy atom. The predicted molar refractivity (Wildman–Crippen MR) is 101 cm³/mol. The molecule has 0 saturated heterocycles. The molecule has 1 aliphatic heterocycles. The van der Waals surface area contributed by atoms with Crippen molar-refractivity contribution in [3.63, 3.8) is 0 Å². The second-order valence-corrected chi connectivity index (χ2v) is 6.88. The number of rotatable bonds is 4. The average molecular weight is 368 g/mol. The lowest BCUT2D eigenvalue weighted by Crippen LogP contribution is -2.29. The van der Waals surface area contributed by atoms with Crippen LogP contribution >= 0.6 is 0 Å². The highest BCUT2D eigenvalue weighted by atomic mass is 19.2. The molecule has 0 spiro atoms. The zero-order valence-corrected chi connectivity index (χ0v) is 15.2. The number of ether oxygens (including phenoxy) is 1. The Morgan fingerprint density at radius 1 is 1.00 bits per heavy atom. The standard InChI is InChI=1S/C22H22F2N2O/c1-27-18-6-2-5-17(14-18)22-21-7-3-10-25(21)11-4-12-26(22)15-16-8-9-19(23)20(24)13-16/h2-3,5-10,13-14,22H,4,11-12,15H2,1H3. The number of nitrogens with zero attached hydrogens (tertiary/aromatic N) is 2. The van der Waals surface area contributed by atoms with Gasteiger partial charge in [-0.05, 0) is 53.9 Å². The predicted octanol–water partition coefficient (Wildman–Crippen LogP) is 4.77. The van der Waals surface area contributed by atoms with Crippen LogP contribution in [0.2, 0.25) is 0 Å². The third kappa shape index (κ3) is 3.60. The number of aromatic nitrogens is 1. The van der Waals surface area contributed by atoms with E-state index in [0.29, 0.717) is 6.54 Å². The first kappa shape index (κ1) is 17.7. The van der Waals surface area contributed by atoms with Gasteiger partial charge >= 0.3 is 0 Å². The molecule has 1 atom stereocenters. The highest BCUT2D eigenvalue weighted by molar-refractivity contribution is 5.36. The third-order valence-corrected chi connectivity index (χ3v) is 5.13. The fraction of sp³-hybridized carbons (Fsp3) is 0.273. The number of hydrogen-bond acceptors (Lipinski definition) is 2. The Morgan fingerprint density at radius 3 is 2.70 bits per heavy atom. The van der Waals surface area contributed by atoms with Crippen LogP contribution in [0.5, 0.6) is 5.75 Å². The quantitative estimate of drug-likeness (QED) is 0.660. The van der Waals surface area contributed by atoms with E-state index in [1.54, 1.807) is 13.2 Å². The largest absolute Gasteiger partial charge is 0.497 e. The molecule has 1 aliphatic rings. The van der Waals surface area contributed by atoms with E-state index in [1.807, 2.05) is 18.2 Å². The summed E-state index contributed by atoms with van der Waals surface area (Å²) in [6.07, 6.45) is 3.09. The van der Waals surface area contributed by atoms with Gasteiger partial charge in [-0.15, -0.1) is 0 Å². The molecule has 0 N–H and O–H groups in total. The molecule has 2 aromatic carbocycles. The highest BCUT2D eigenvalue weighted by Crippen LogP contribution is 2.34. The van der Waals surface area contributed by atoms with Gasteiger partial charge in [0.25, 0.3) is 0 Å². The molecule has 3 nitrogen and oxygen atoms in total. The molecule has 0 bridgehead atoms. The third-order valence-electron chi connectivity index (χ3n) is 5.13. The van der Waals surface area contributed by atoms with Gasteiger partial charge in [0.05, 0.1) is 13.2 Å². The molecule has 0 saturated carbocycles. The van der Waals surface area contributed by atoms with Gasteiger partial charge in [-0.3, -0.25) is 4.90 Å². The number of aryl methyl sites for hydroxylation is 1. The van der Waals surface area contributed by atoms with Crippen molar-refractivity contribution in [2.24, 2.45) is 0 Å². The minimum absolute atomic E-state index is 0.0192. The monoisotopic (exact) mass is 368 g/mol. The maximum atomic E-state index is 13.7. The number of fused-ring (bicyclic) bond motifs is 1. The van der Waals surface area contributed by atoms with E-state index < -0.39 is 11.6 Å². The molecule has 0 fully saturated rings. The Bertz CT molecular complexity index is 938. The van der Waals surface area contributed by atoms with Gasteiger partial charge in [-0.25, -0.2) is 8.78 Å². The molecule has 3 aromatic rings. The summed E-state index contributed by atoms with van der Waals surface area (Å²) in [5, 5.41) is 0. The molecular formula is C22H22F2N2O. The number of benzene rings is 2. The number of methoxy groups -OCH3 is 1. The van der Waals surface area contributed by atoms with E-state index >= 15 is 0 Å². The van der Waals surface area contributed by atoms with Crippen molar-refractivity contribution < 1.29 is 13.5 Å². The van der Waals surface area contributed by atoms with Gasteiger partial charge in [0.1, 0.15) is 5.75 Å². The van der Waals surface area contributed by atoms with Gasteiger partial charge in [-0.1, -0.05) is 18.2 Å². The fourth-order valence-electron chi connectivity index (χ4n) is 3.88. The zero-order chi connectivity index (χ0) is 18.8. The Balaban J connectivity index is 1.74. The molecule has 1 aromatic heterocycles. The number of hydrogen-bond donors (Lipinski definition) is 0. The molecule has 0 aliphatic carbocycles.